The molecule has 4 heteroatoms. The number of rotatable bonds is 4. The summed E-state index contributed by atoms with van der Waals surface area (Å²) in [6.07, 6.45) is 6.76. The van der Waals surface area contributed by atoms with Crippen molar-refractivity contribution in [1.29, 1.82) is 0 Å². The molecule has 0 spiro atoms. The van der Waals surface area contributed by atoms with E-state index in [-0.39, 0.29) is 5.91 Å². The van der Waals surface area contributed by atoms with Crippen molar-refractivity contribution in [2.24, 2.45) is 0 Å². The second-order valence-electron chi connectivity index (χ2n) is 4.70. The van der Waals surface area contributed by atoms with Crippen LogP contribution < -0.4 is 5.32 Å². The summed E-state index contributed by atoms with van der Waals surface area (Å²) >= 11 is 0. The van der Waals surface area contributed by atoms with Gasteiger partial charge in [0.1, 0.15) is 5.69 Å². The summed E-state index contributed by atoms with van der Waals surface area (Å²) in [7, 11) is 0. The monoisotopic (exact) mass is 287 g/mol. The van der Waals surface area contributed by atoms with Gasteiger partial charge in [-0.3, -0.25) is 9.78 Å². The second kappa shape index (κ2) is 8.95. The third kappa shape index (κ3) is 4.74. The number of nitrogens with one attached hydrogen (secondary N) is 1. The highest BCUT2D eigenvalue weighted by molar-refractivity contribution is 5.94. The van der Waals surface area contributed by atoms with Gasteiger partial charge in [0.2, 0.25) is 0 Å². The van der Waals surface area contributed by atoms with Gasteiger partial charge in [0.25, 0.3) is 5.91 Å². The van der Waals surface area contributed by atoms with Crippen molar-refractivity contribution < 1.29 is 4.79 Å². The van der Waals surface area contributed by atoms with Gasteiger partial charge in [0.15, 0.2) is 0 Å². The summed E-state index contributed by atoms with van der Waals surface area (Å²) in [6, 6.07) is 5.80. The molecule has 0 fully saturated rings. The van der Waals surface area contributed by atoms with Crippen molar-refractivity contribution >= 4 is 5.91 Å². The lowest BCUT2D eigenvalue weighted by Crippen LogP contribution is -2.25. The van der Waals surface area contributed by atoms with Crippen LogP contribution in [0.5, 0.6) is 0 Å². The number of aryl methyl sites for hydroxylation is 1. The van der Waals surface area contributed by atoms with Gasteiger partial charge in [-0.15, -0.1) is 0 Å². The number of pyridine rings is 1. The lowest BCUT2D eigenvalue weighted by Gasteiger charge is -2.05. The molecule has 0 aromatic carbocycles. The van der Waals surface area contributed by atoms with E-state index >= 15 is 0 Å². The van der Waals surface area contributed by atoms with Crippen molar-refractivity contribution in [2.45, 2.75) is 40.7 Å². The SMILES string of the molecule is CCC.CCNC(=O)c1cc(-c2ccncc2)cn1CC. The largest absolute Gasteiger partial charge is 0.351 e. The summed E-state index contributed by atoms with van der Waals surface area (Å²) in [5.41, 5.74) is 2.81. The minimum absolute atomic E-state index is 0.0281. The molecule has 1 N–H and O–H groups in total. The molecule has 21 heavy (non-hydrogen) atoms. The molecule has 2 aromatic rings. The van der Waals surface area contributed by atoms with Crippen LogP contribution in [0.15, 0.2) is 36.8 Å². The fraction of sp³-hybridized carbons (Fsp3) is 0.412. The normalized spacial score (nSPS) is 9.71. The summed E-state index contributed by atoms with van der Waals surface area (Å²) in [5.74, 6) is -0.0281. The molecule has 0 aliphatic heterocycles. The van der Waals surface area contributed by atoms with E-state index in [1.165, 1.54) is 6.42 Å². The number of aromatic nitrogens is 2. The minimum atomic E-state index is -0.0281. The molecule has 0 atom stereocenters. The third-order valence-electron chi connectivity index (χ3n) is 2.82. The van der Waals surface area contributed by atoms with Crippen LogP contribution in [0.1, 0.15) is 44.6 Å². The van der Waals surface area contributed by atoms with Crippen LogP contribution >= 0.6 is 0 Å². The topological polar surface area (TPSA) is 46.9 Å². The zero-order valence-corrected chi connectivity index (χ0v) is 13.4. The molecule has 2 heterocycles. The van der Waals surface area contributed by atoms with E-state index in [1.807, 2.05) is 42.8 Å². The Kier molecular flexibility index (Phi) is 7.23. The first kappa shape index (κ1) is 17.0. The molecule has 114 valence electrons. The Morgan fingerprint density at radius 2 is 1.76 bits per heavy atom. The van der Waals surface area contributed by atoms with Gasteiger partial charge in [-0.2, -0.15) is 0 Å². The maximum atomic E-state index is 11.9. The Bertz CT molecular complexity index is 546. The first-order chi connectivity index (χ1) is 10.2. The maximum absolute atomic E-state index is 11.9. The number of hydrogen-bond donors (Lipinski definition) is 1. The molecule has 2 aromatic heterocycles. The van der Waals surface area contributed by atoms with E-state index in [0.717, 1.165) is 17.7 Å². The molecule has 0 unspecified atom stereocenters. The zero-order chi connectivity index (χ0) is 15.7. The fourth-order valence-corrected chi connectivity index (χ4v) is 1.92. The van der Waals surface area contributed by atoms with Crippen molar-refractivity contribution in [3.05, 3.63) is 42.5 Å². The lowest BCUT2D eigenvalue weighted by atomic mass is 10.1. The molecule has 0 radical (unpaired) electrons. The molecule has 1 amide bonds. The smallest absolute Gasteiger partial charge is 0.267 e. The van der Waals surface area contributed by atoms with E-state index in [4.69, 9.17) is 0 Å². The molecule has 0 aliphatic rings. The fourth-order valence-electron chi connectivity index (χ4n) is 1.92. The average molecular weight is 287 g/mol. The number of carbonyl (C=O) groups excluding carboxylic acids is 1. The summed E-state index contributed by atoms with van der Waals surface area (Å²) in [4.78, 5) is 15.9. The van der Waals surface area contributed by atoms with E-state index in [0.29, 0.717) is 12.2 Å². The van der Waals surface area contributed by atoms with Crippen molar-refractivity contribution in [3.8, 4) is 11.1 Å². The Morgan fingerprint density at radius 1 is 1.14 bits per heavy atom. The van der Waals surface area contributed by atoms with E-state index in [9.17, 15) is 4.79 Å². The average Bonchev–Trinajstić information content (AvgIpc) is 2.93. The van der Waals surface area contributed by atoms with Crippen LogP contribution in [0.3, 0.4) is 0 Å². The lowest BCUT2D eigenvalue weighted by molar-refractivity contribution is 0.0946. The van der Waals surface area contributed by atoms with Gasteiger partial charge < -0.3 is 9.88 Å². The van der Waals surface area contributed by atoms with Crippen LogP contribution in [0, 0.1) is 0 Å². The molecule has 0 saturated carbocycles. The first-order valence-electron chi connectivity index (χ1n) is 7.56. The van der Waals surface area contributed by atoms with Crippen LogP contribution in [-0.2, 0) is 6.54 Å². The van der Waals surface area contributed by atoms with Crippen molar-refractivity contribution in [3.63, 3.8) is 0 Å². The summed E-state index contributed by atoms with van der Waals surface area (Å²) in [5, 5.41) is 2.83. The molecule has 0 saturated heterocycles. The highest BCUT2D eigenvalue weighted by atomic mass is 16.1. The first-order valence-corrected chi connectivity index (χ1v) is 7.56. The van der Waals surface area contributed by atoms with Gasteiger partial charge in [0, 0.05) is 37.2 Å². The standard InChI is InChI=1S/C14H17N3O.C3H8/c1-3-16-14(18)13-9-12(10-17(13)4-2)11-5-7-15-8-6-11;1-3-2/h5-10H,3-4H2,1-2H3,(H,16,18);3H2,1-2H3. The Balaban J connectivity index is 0.000000677. The van der Waals surface area contributed by atoms with E-state index in [1.54, 1.807) is 12.4 Å². The third-order valence-corrected chi connectivity index (χ3v) is 2.82. The molecular weight excluding hydrogens is 262 g/mol. The number of hydrogen-bond acceptors (Lipinski definition) is 2. The highest BCUT2D eigenvalue weighted by Crippen LogP contribution is 2.21. The van der Waals surface area contributed by atoms with Crippen molar-refractivity contribution in [1.82, 2.24) is 14.9 Å². The van der Waals surface area contributed by atoms with E-state index in [2.05, 4.69) is 24.1 Å². The Labute approximate surface area is 127 Å². The second-order valence-corrected chi connectivity index (χ2v) is 4.70. The quantitative estimate of drug-likeness (QED) is 0.931. The van der Waals surface area contributed by atoms with Crippen LogP contribution in [0.2, 0.25) is 0 Å². The summed E-state index contributed by atoms with van der Waals surface area (Å²) in [6.45, 7) is 9.61. The van der Waals surface area contributed by atoms with E-state index < -0.39 is 0 Å². The number of nitrogens with zero attached hydrogens (tertiary/aromatic N) is 2. The predicted molar refractivity (Wildman–Crippen MR) is 87.3 cm³/mol. The molecular formula is C17H25N3O. The Morgan fingerprint density at radius 3 is 2.29 bits per heavy atom. The Hall–Kier alpha value is -2.10. The zero-order valence-electron chi connectivity index (χ0n) is 13.4. The van der Waals surface area contributed by atoms with Gasteiger partial charge in [0.05, 0.1) is 0 Å². The summed E-state index contributed by atoms with van der Waals surface area (Å²) < 4.78 is 1.96. The highest BCUT2D eigenvalue weighted by Gasteiger charge is 2.12. The van der Waals surface area contributed by atoms with Crippen LogP contribution in [-0.4, -0.2) is 22.0 Å². The van der Waals surface area contributed by atoms with Gasteiger partial charge in [-0.05, 0) is 37.6 Å². The molecule has 0 aliphatic carbocycles. The molecule has 2 rings (SSSR count). The van der Waals surface area contributed by atoms with Gasteiger partial charge in [-0.25, -0.2) is 0 Å². The van der Waals surface area contributed by atoms with Gasteiger partial charge >= 0.3 is 0 Å². The molecule has 0 bridgehead atoms. The van der Waals surface area contributed by atoms with Crippen molar-refractivity contribution in [2.75, 3.05) is 6.54 Å². The van der Waals surface area contributed by atoms with Crippen LogP contribution in [0.25, 0.3) is 11.1 Å². The van der Waals surface area contributed by atoms with Crippen LogP contribution in [0.4, 0.5) is 0 Å². The minimum Gasteiger partial charge on any atom is -0.351 e. The maximum Gasteiger partial charge on any atom is 0.267 e. The number of carbonyl (C=O) groups is 1. The van der Waals surface area contributed by atoms with Gasteiger partial charge in [-0.1, -0.05) is 20.3 Å². The predicted octanol–water partition coefficient (Wildman–Crippen LogP) is 3.74. The molecule has 4 nitrogen and oxygen atoms in total. The number of amides is 1.